The average molecular weight is 280 g/mol. The lowest BCUT2D eigenvalue weighted by molar-refractivity contribution is -0.116. The number of hydrogen-bond acceptors (Lipinski definition) is 2. The fourth-order valence-electron chi connectivity index (χ4n) is 2.24. The SMILES string of the molecule is C=CC/C(=C/C)CCC(=O)Nc1cccc2cccnc12. The minimum absolute atomic E-state index is 0.0107. The third kappa shape index (κ3) is 4.02. The first kappa shape index (κ1) is 15.0. The molecule has 1 amide bonds. The Balaban J connectivity index is 2.03. The van der Waals surface area contributed by atoms with Gasteiger partial charge < -0.3 is 5.32 Å². The molecule has 0 fully saturated rings. The summed E-state index contributed by atoms with van der Waals surface area (Å²) in [5, 5.41) is 3.98. The number of amides is 1. The molecule has 0 saturated carbocycles. The van der Waals surface area contributed by atoms with Gasteiger partial charge in [0.1, 0.15) is 0 Å². The minimum Gasteiger partial charge on any atom is -0.324 e. The molecule has 0 aliphatic rings. The van der Waals surface area contributed by atoms with Crippen LogP contribution in [0.15, 0.2) is 60.8 Å². The first-order valence-corrected chi connectivity index (χ1v) is 7.13. The van der Waals surface area contributed by atoms with Crippen LogP contribution < -0.4 is 5.32 Å². The van der Waals surface area contributed by atoms with Gasteiger partial charge in [0.15, 0.2) is 0 Å². The molecule has 0 bridgehead atoms. The number of hydrogen-bond donors (Lipinski definition) is 1. The number of carbonyl (C=O) groups is 1. The first-order chi connectivity index (χ1) is 10.2. The van der Waals surface area contributed by atoms with Gasteiger partial charge in [-0.25, -0.2) is 0 Å². The fourth-order valence-corrected chi connectivity index (χ4v) is 2.24. The number of carbonyl (C=O) groups excluding carboxylic acids is 1. The van der Waals surface area contributed by atoms with Crippen LogP contribution in [0.2, 0.25) is 0 Å². The molecule has 1 heterocycles. The van der Waals surface area contributed by atoms with Crippen LogP contribution in [0.4, 0.5) is 5.69 Å². The fraction of sp³-hybridized carbons (Fsp3) is 0.222. The number of nitrogens with one attached hydrogen (secondary N) is 1. The van der Waals surface area contributed by atoms with Crippen molar-refractivity contribution in [2.45, 2.75) is 26.2 Å². The minimum atomic E-state index is 0.0107. The lowest BCUT2D eigenvalue weighted by Gasteiger charge is -2.08. The third-order valence-corrected chi connectivity index (χ3v) is 3.39. The van der Waals surface area contributed by atoms with Gasteiger partial charge in [-0.15, -0.1) is 6.58 Å². The van der Waals surface area contributed by atoms with Gasteiger partial charge >= 0.3 is 0 Å². The molecule has 0 unspecified atom stereocenters. The van der Waals surface area contributed by atoms with E-state index in [0.29, 0.717) is 6.42 Å². The summed E-state index contributed by atoms with van der Waals surface area (Å²) in [4.78, 5) is 16.4. The van der Waals surface area contributed by atoms with E-state index in [1.807, 2.05) is 43.3 Å². The number of para-hydroxylation sites is 1. The van der Waals surface area contributed by atoms with Crippen molar-refractivity contribution in [2.75, 3.05) is 5.32 Å². The van der Waals surface area contributed by atoms with Crippen molar-refractivity contribution >= 4 is 22.5 Å². The van der Waals surface area contributed by atoms with Crippen LogP contribution in [-0.2, 0) is 4.79 Å². The average Bonchev–Trinajstić information content (AvgIpc) is 2.52. The predicted molar refractivity (Wildman–Crippen MR) is 88.2 cm³/mol. The molecule has 2 aromatic rings. The normalized spacial score (nSPS) is 11.4. The van der Waals surface area contributed by atoms with Gasteiger partial charge in [-0.1, -0.05) is 35.9 Å². The lowest BCUT2D eigenvalue weighted by Crippen LogP contribution is -2.12. The molecule has 1 N–H and O–H groups in total. The molecule has 0 aliphatic heterocycles. The summed E-state index contributed by atoms with van der Waals surface area (Å²) in [6.45, 7) is 5.72. The van der Waals surface area contributed by atoms with Crippen molar-refractivity contribution in [1.29, 1.82) is 0 Å². The summed E-state index contributed by atoms with van der Waals surface area (Å²) >= 11 is 0. The van der Waals surface area contributed by atoms with Crippen molar-refractivity contribution < 1.29 is 4.79 Å². The Morgan fingerprint density at radius 3 is 2.86 bits per heavy atom. The monoisotopic (exact) mass is 280 g/mol. The van der Waals surface area contributed by atoms with Gasteiger partial charge in [-0.05, 0) is 31.9 Å². The first-order valence-electron chi connectivity index (χ1n) is 7.13. The van der Waals surface area contributed by atoms with Crippen LogP contribution in [0.5, 0.6) is 0 Å². The summed E-state index contributed by atoms with van der Waals surface area (Å²) in [6, 6.07) is 9.67. The highest BCUT2D eigenvalue weighted by Crippen LogP contribution is 2.21. The predicted octanol–water partition coefficient (Wildman–Crippen LogP) is 4.48. The number of aromatic nitrogens is 1. The number of nitrogens with zero attached hydrogens (tertiary/aromatic N) is 1. The number of benzene rings is 1. The maximum Gasteiger partial charge on any atom is 0.224 e. The lowest BCUT2D eigenvalue weighted by atomic mass is 10.1. The molecule has 1 aromatic heterocycles. The maximum absolute atomic E-state index is 12.1. The molecule has 21 heavy (non-hydrogen) atoms. The Morgan fingerprint density at radius 1 is 1.29 bits per heavy atom. The van der Waals surface area contributed by atoms with Gasteiger partial charge in [0.05, 0.1) is 11.2 Å². The molecule has 3 nitrogen and oxygen atoms in total. The van der Waals surface area contributed by atoms with Crippen molar-refractivity contribution in [1.82, 2.24) is 4.98 Å². The second-order valence-electron chi connectivity index (χ2n) is 4.87. The van der Waals surface area contributed by atoms with Crippen molar-refractivity contribution in [3.63, 3.8) is 0 Å². The Bertz CT molecular complexity index is 668. The maximum atomic E-state index is 12.1. The van der Waals surface area contributed by atoms with Crippen molar-refractivity contribution in [2.24, 2.45) is 0 Å². The van der Waals surface area contributed by atoms with Gasteiger partial charge in [0.25, 0.3) is 0 Å². The van der Waals surface area contributed by atoms with Gasteiger partial charge in [-0.3, -0.25) is 9.78 Å². The number of allylic oxidation sites excluding steroid dienone is 3. The van der Waals surface area contributed by atoms with Gasteiger partial charge in [0.2, 0.25) is 5.91 Å². The zero-order valence-corrected chi connectivity index (χ0v) is 12.3. The quantitative estimate of drug-likeness (QED) is 0.793. The number of anilines is 1. The molecule has 0 spiro atoms. The van der Waals surface area contributed by atoms with E-state index in [1.165, 1.54) is 5.57 Å². The van der Waals surface area contributed by atoms with Crippen LogP contribution >= 0.6 is 0 Å². The highest BCUT2D eigenvalue weighted by molar-refractivity contribution is 6.00. The highest BCUT2D eigenvalue weighted by atomic mass is 16.1. The Morgan fingerprint density at radius 2 is 2.10 bits per heavy atom. The number of pyridine rings is 1. The van der Waals surface area contributed by atoms with E-state index >= 15 is 0 Å². The van der Waals surface area contributed by atoms with E-state index in [0.717, 1.165) is 29.4 Å². The number of fused-ring (bicyclic) bond motifs is 1. The van der Waals surface area contributed by atoms with Crippen molar-refractivity contribution in [3.05, 3.63) is 60.8 Å². The zero-order valence-electron chi connectivity index (χ0n) is 12.3. The van der Waals surface area contributed by atoms with E-state index in [1.54, 1.807) is 6.20 Å². The molecule has 1 aromatic carbocycles. The zero-order chi connectivity index (χ0) is 15.1. The highest BCUT2D eigenvalue weighted by Gasteiger charge is 2.07. The molecule has 0 aliphatic carbocycles. The molecule has 3 heteroatoms. The standard InChI is InChI=1S/C18H20N2O/c1-3-7-14(4-2)11-12-17(21)20-16-10-5-8-15-9-6-13-19-18(15)16/h3-6,8-10,13H,1,7,11-12H2,2H3,(H,20,21)/b14-4-. The Hall–Kier alpha value is -2.42. The van der Waals surface area contributed by atoms with E-state index in [9.17, 15) is 4.79 Å². The third-order valence-electron chi connectivity index (χ3n) is 3.39. The van der Waals surface area contributed by atoms with Gasteiger partial charge in [0, 0.05) is 18.0 Å². The summed E-state index contributed by atoms with van der Waals surface area (Å²) in [5.41, 5.74) is 2.82. The number of rotatable bonds is 6. The smallest absolute Gasteiger partial charge is 0.224 e. The molecule has 0 saturated heterocycles. The summed E-state index contributed by atoms with van der Waals surface area (Å²) in [6.07, 6.45) is 7.71. The summed E-state index contributed by atoms with van der Waals surface area (Å²) < 4.78 is 0. The Labute approximate surface area is 125 Å². The van der Waals surface area contributed by atoms with Crippen LogP contribution in [0, 0.1) is 0 Å². The molecule has 108 valence electrons. The molecule has 2 rings (SSSR count). The van der Waals surface area contributed by atoms with E-state index in [4.69, 9.17) is 0 Å². The summed E-state index contributed by atoms with van der Waals surface area (Å²) in [5.74, 6) is 0.0107. The Kier molecular flexibility index (Phi) is 5.27. The molecular formula is C18H20N2O. The van der Waals surface area contributed by atoms with Crippen LogP contribution in [-0.4, -0.2) is 10.9 Å². The largest absolute Gasteiger partial charge is 0.324 e. The van der Waals surface area contributed by atoms with Crippen LogP contribution in [0.1, 0.15) is 26.2 Å². The van der Waals surface area contributed by atoms with Crippen LogP contribution in [0.3, 0.4) is 0 Å². The molecule has 0 atom stereocenters. The second-order valence-corrected chi connectivity index (χ2v) is 4.87. The van der Waals surface area contributed by atoms with Crippen molar-refractivity contribution in [3.8, 4) is 0 Å². The molecule has 0 radical (unpaired) electrons. The molecular weight excluding hydrogens is 260 g/mol. The van der Waals surface area contributed by atoms with Crippen LogP contribution in [0.25, 0.3) is 10.9 Å². The van der Waals surface area contributed by atoms with E-state index < -0.39 is 0 Å². The van der Waals surface area contributed by atoms with Gasteiger partial charge in [-0.2, -0.15) is 0 Å². The second kappa shape index (κ2) is 7.39. The summed E-state index contributed by atoms with van der Waals surface area (Å²) in [7, 11) is 0. The van der Waals surface area contributed by atoms with E-state index in [-0.39, 0.29) is 5.91 Å². The van der Waals surface area contributed by atoms with E-state index in [2.05, 4.69) is 23.0 Å². The topological polar surface area (TPSA) is 42.0 Å².